The molecule has 4 nitrogen and oxygen atoms in total. The van der Waals surface area contributed by atoms with E-state index in [1.54, 1.807) is 6.07 Å². The molecular formula is C20H28FNO3. The molecule has 1 saturated carbocycles. The molecule has 1 aromatic rings. The molecule has 5 heteroatoms. The van der Waals surface area contributed by atoms with Crippen LogP contribution < -0.4 is 5.32 Å². The molecule has 138 valence electrons. The average molecular weight is 349 g/mol. The Morgan fingerprint density at radius 2 is 1.80 bits per heavy atom. The molecule has 1 heterocycles. The SMILES string of the molecule is O=C(NCC1(O)CCCCCC1)C1(c2cccc(F)c2)CCOCC1. The minimum atomic E-state index is -0.819. The van der Waals surface area contributed by atoms with Gasteiger partial charge in [0.2, 0.25) is 5.91 Å². The molecule has 2 aliphatic rings. The summed E-state index contributed by atoms with van der Waals surface area (Å²) < 4.78 is 19.2. The highest BCUT2D eigenvalue weighted by atomic mass is 19.1. The van der Waals surface area contributed by atoms with E-state index in [0.717, 1.165) is 38.5 Å². The summed E-state index contributed by atoms with van der Waals surface area (Å²) in [7, 11) is 0. The molecule has 1 amide bonds. The van der Waals surface area contributed by atoms with Crippen LogP contribution >= 0.6 is 0 Å². The Kier molecular flexibility index (Phi) is 5.74. The second-order valence-corrected chi connectivity index (χ2v) is 7.53. The number of hydrogen-bond donors (Lipinski definition) is 2. The maximum absolute atomic E-state index is 13.7. The first-order valence-corrected chi connectivity index (χ1v) is 9.39. The molecule has 0 aromatic heterocycles. The molecule has 2 fully saturated rings. The first-order chi connectivity index (χ1) is 12.0. The van der Waals surface area contributed by atoms with Crippen molar-refractivity contribution in [2.24, 2.45) is 0 Å². The zero-order valence-corrected chi connectivity index (χ0v) is 14.7. The average Bonchev–Trinajstić information content (AvgIpc) is 2.85. The zero-order valence-electron chi connectivity index (χ0n) is 14.7. The van der Waals surface area contributed by atoms with Crippen LogP contribution in [0.5, 0.6) is 0 Å². The molecule has 1 saturated heterocycles. The van der Waals surface area contributed by atoms with Gasteiger partial charge in [-0.15, -0.1) is 0 Å². The van der Waals surface area contributed by atoms with Crippen molar-refractivity contribution in [2.45, 2.75) is 62.4 Å². The smallest absolute Gasteiger partial charge is 0.230 e. The number of carbonyl (C=O) groups excluding carboxylic acids is 1. The second kappa shape index (κ2) is 7.83. The van der Waals surface area contributed by atoms with Gasteiger partial charge in [0, 0.05) is 19.8 Å². The maximum atomic E-state index is 13.7. The first kappa shape index (κ1) is 18.3. The molecule has 0 radical (unpaired) electrons. The van der Waals surface area contributed by atoms with Crippen molar-refractivity contribution in [3.63, 3.8) is 0 Å². The molecule has 3 rings (SSSR count). The Morgan fingerprint density at radius 3 is 2.44 bits per heavy atom. The van der Waals surface area contributed by atoms with E-state index >= 15 is 0 Å². The van der Waals surface area contributed by atoms with Crippen molar-refractivity contribution < 1.29 is 19.0 Å². The summed E-state index contributed by atoms with van der Waals surface area (Å²) >= 11 is 0. The largest absolute Gasteiger partial charge is 0.388 e. The molecule has 1 aliphatic heterocycles. The zero-order chi connectivity index (χ0) is 17.8. The van der Waals surface area contributed by atoms with E-state index in [1.807, 2.05) is 6.07 Å². The van der Waals surface area contributed by atoms with Crippen LogP contribution in [0.25, 0.3) is 0 Å². The van der Waals surface area contributed by atoms with Crippen LogP contribution in [-0.4, -0.2) is 36.4 Å². The third-order valence-corrected chi connectivity index (χ3v) is 5.77. The van der Waals surface area contributed by atoms with Crippen LogP contribution in [-0.2, 0) is 14.9 Å². The number of benzene rings is 1. The van der Waals surface area contributed by atoms with Crippen molar-refractivity contribution in [3.8, 4) is 0 Å². The number of amides is 1. The predicted octanol–water partition coefficient (Wildman–Crippen LogP) is 3.08. The van der Waals surface area contributed by atoms with Crippen LogP contribution in [0, 0.1) is 5.82 Å². The van der Waals surface area contributed by atoms with Crippen LogP contribution in [0.2, 0.25) is 0 Å². The quantitative estimate of drug-likeness (QED) is 0.822. The predicted molar refractivity (Wildman–Crippen MR) is 93.8 cm³/mol. The fourth-order valence-corrected chi connectivity index (χ4v) is 4.13. The van der Waals surface area contributed by atoms with Crippen LogP contribution in [0.15, 0.2) is 24.3 Å². The minimum absolute atomic E-state index is 0.126. The fourth-order valence-electron chi connectivity index (χ4n) is 4.13. The minimum Gasteiger partial charge on any atom is -0.388 e. The van der Waals surface area contributed by atoms with Gasteiger partial charge in [0.1, 0.15) is 5.82 Å². The Bertz CT molecular complexity index is 590. The number of nitrogens with one attached hydrogen (secondary N) is 1. The third-order valence-electron chi connectivity index (χ3n) is 5.77. The van der Waals surface area contributed by atoms with Gasteiger partial charge >= 0.3 is 0 Å². The number of carbonyl (C=O) groups is 1. The molecule has 1 aliphatic carbocycles. The first-order valence-electron chi connectivity index (χ1n) is 9.39. The summed E-state index contributed by atoms with van der Waals surface area (Å²) in [6.45, 7) is 1.23. The lowest BCUT2D eigenvalue weighted by Gasteiger charge is -2.37. The lowest BCUT2D eigenvalue weighted by atomic mass is 9.73. The van der Waals surface area contributed by atoms with E-state index < -0.39 is 11.0 Å². The van der Waals surface area contributed by atoms with Crippen molar-refractivity contribution in [3.05, 3.63) is 35.6 Å². The van der Waals surface area contributed by atoms with E-state index in [4.69, 9.17) is 4.74 Å². The number of ether oxygens (including phenoxy) is 1. The van der Waals surface area contributed by atoms with Crippen LogP contribution in [0.4, 0.5) is 4.39 Å². The molecule has 0 spiro atoms. The number of hydrogen-bond acceptors (Lipinski definition) is 3. The third kappa shape index (κ3) is 4.21. The maximum Gasteiger partial charge on any atom is 0.230 e. The van der Waals surface area contributed by atoms with Crippen molar-refractivity contribution in [2.75, 3.05) is 19.8 Å². The highest BCUT2D eigenvalue weighted by molar-refractivity contribution is 5.88. The highest BCUT2D eigenvalue weighted by Crippen LogP contribution is 2.36. The monoisotopic (exact) mass is 349 g/mol. The van der Waals surface area contributed by atoms with Gasteiger partial charge in [-0.2, -0.15) is 0 Å². The van der Waals surface area contributed by atoms with Gasteiger partial charge in [0.05, 0.1) is 11.0 Å². The van der Waals surface area contributed by atoms with Crippen LogP contribution in [0.3, 0.4) is 0 Å². The van der Waals surface area contributed by atoms with E-state index in [2.05, 4.69) is 5.32 Å². The summed E-state index contributed by atoms with van der Waals surface area (Å²) in [5.41, 5.74) is -0.900. The van der Waals surface area contributed by atoms with E-state index in [0.29, 0.717) is 31.6 Å². The lowest BCUT2D eigenvalue weighted by molar-refractivity contribution is -0.132. The number of rotatable bonds is 4. The molecular weight excluding hydrogens is 321 g/mol. The lowest BCUT2D eigenvalue weighted by Crippen LogP contribution is -2.52. The second-order valence-electron chi connectivity index (χ2n) is 7.53. The van der Waals surface area contributed by atoms with E-state index in [9.17, 15) is 14.3 Å². The topological polar surface area (TPSA) is 58.6 Å². The Morgan fingerprint density at radius 1 is 1.12 bits per heavy atom. The Balaban J connectivity index is 1.76. The standard InChI is InChI=1S/C20H28FNO3/c21-17-7-5-6-16(14-17)20(10-12-25-13-11-20)18(23)22-15-19(24)8-3-1-2-4-9-19/h5-7,14,24H,1-4,8-13,15H2,(H,22,23). The molecule has 0 bridgehead atoms. The van der Waals surface area contributed by atoms with Gasteiger partial charge < -0.3 is 15.2 Å². The van der Waals surface area contributed by atoms with Crippen molar-refractivity contribution >= 4 is 5.91 Å². The number of halogens is 1. The van der Waals surface area contributed by atoms with Gasteiger partial charge in [-0.25, -0.2) is 4.39 Å². The van der Waals surface area contributed by atoms with Crippen molar-refractivity contribution in [1.82, 2.24) is 5.32 Å². The van der Waals surface area contributed by atoms with Crippen LogP contribution in [0.1, 0.15) is 56.9 Å². The summed E-state index contributed by atoms with van der Waals surface area (Å²) in [5, 5.41) is 13.8. The van der Waals surface area contributed by atoms with Gasteiger partial charge in [0.15, 0.2) is 0 Å². The number of aliphatic hydroxyl groups is 1. The fraction of sp³-hybridized carbons (Fsp3) is 0.650. The molecule has 0 atom stereocenters. The summed E-state index contributed by atoms with van der Waals surface area (Å²) in [6.07, 6.45) is 6.78. The molecule has 1 aromatic carbocycles. The molecule has 0 unspecified atom stereocenters. The normalized spacial score (nSPS) is 22.8. The highest BCUT2D eigenvalue weighted by Gasteiger charge is 2.42. The van der Waals surface area contributed by atoms with Gasteiger partial charge in [-0.05, 0) is 43.4 Å². The summed E-state index contributed by atoms with van der Waals surface area (Å²) in [4.78, 5) is 13.1. The van der Waals surface area contributed by atoms with E-state index in [1.165, 1.54) is 12.1 Å². The summed E-state index contributed by atoms with van der Waals surface area (Å²) in [5.74, 6) is -0.461. The molecule has 2 N–H and O–H groups in total. The van der Waals surface area contributed by atoms with Gasteiger partial charge in [-0.1, -0.05) is 37.8 Å². The van der Waals surface area contributed by atoms with Crippen molar-refractivity contribution in [1.29, 1.82) is 0 Å². The van der Waals surface area contributed by atoms with Gasteiger partial charge in [-0.3, -0.25) is 4.79 Å². The van der Waals surface area contributed by atoms with E-state index in [-0.39, 0.29) is 18.3 Å². The molecule has 25 heavy (non-hydrogen) atoms. The Hall–Kier alpha value is -1.46. The Labute approximate surface area is 148 Å². The van der Waals surface area contributed by atoms with Gasteiger partial charge in [0.25, 0.3) is 0 Å². The summed E-state index contributed by atoms with van der Waals surface area (Å²) in [6, 6.07) is 6.30.